The lowest BCUT2D eigenvalue weighted by Gasteiger charge is -2.26. The van der Waals surface area contributed by atoms with Crippen LogP contribution in [0.5, 0.6) is 11.5 Å². The van der Waals surface area contributed by atoms with Gasteiger partial charge in [-0.05, 0) is 60.5 Å². The molecule has 3 aromatic carbocycles. The molecule has 1 amide bonds. The van der Waals surface area contributed by atoms with Crippen molar-refractivity contribution in [3.63, 3.8) is 0 Å². The van der Waals surface area contributed by atoms with Gasteiger partial charge in [0.25, 0.3) is 11.7 Å². The number of aliphatic hydroxyl groups is 1. The number of ether oxygens (including phenoxy) is 1. The molecule has 1 atom stereocenters. The van der Waals surface area contributed by atoms with E-state index in [2.05, 4.69) is 0 Å². The molecule has 1 unspecified atom stereocenters. The van der Waals surface area contributed by atoms with Crippen molar-refractivity contribution < 1.29 is 24.5 Å². The van der Waals surface area contributed by atoms with Crippen LogP contribution >= 0.6 is 11.6 Å². The maximum atomic E-state index is 13.2. The number of halogens is 1. The molecule has 32 heavy (non-hydrogen) atoms. The largest absolute Gasteiger partial charge is 0.508 e. The summed E-state index contributed by atoms with van der Waals surface area (Å²) < 4.78 is 5.33. The number of hydrogen-bond donors (Lipinski definition) is 2. The fraction of sp³-hybridized carbons (Fsp3) is 0.120. The molecule has 0 bridgehead atoms. The van der Waals surface area contributed by atoms with Crippen LogP contribution in [0.3, 0.4) is 0 Å². The summed E-state index contributed by atoms with van der Waals surface area (Å²) in [6, 6.07) is 17.1. The number of benzene rings is 3. The van der Waals surface area contributed by atoms with Crippen molar-refractivity contribution in [1.82, 2.24) is 0 Å². The summed E-state index contributed by atoms with van der Waals surface area (Å²) in [7, 11) is 1.43. The van der Waals surface area contributed by atoms with E-state index in [0.29, 0.717) is 22.0 Å². The number of carbonyl (C=O) groups is 2. The van der Waals surface area contributed by atoms with Crippen LogP contribution in [0, 0.1) is 6.92 Å². The van der Waals surface area contributed by atoms with Crippen LogP contribution in [-0.4, -0.2) is 29.0 Å². The van der Waals surface area contributed by atoms with Crippen molar-refractivity contribution >= 4 is 34.7 Å². The van der Waals surface area contributed by atoms with E-state index in [0.717, 1.165) is 5.56 Å². The van der Waals surface area contributed by atoms with Crippen LogP contribution in [0.25, 0.3) is 5.76 Å². The first-order chi connectivity index (χ1) is 15.3. The van der Waals surface area contributed by atoms with Crippen LogP contribution in [0.4, 0.5) is 5.69 Å². The van der Waals surface area contributed by atoms with Crippen LogP contribution in [0.15, 0.2) is 72.3 Å². The number of carbonyl (C=O) groups excluding carboxylic acids is 2. The lowest BCUT2D eigenvalue weighted by atomic mass is 9.94. The predicted octanol–water partition coefficient (Wildman–Crippen LogP) is 4.99. The molecular formula is C25H20ClNO5. The third kappa shape index (κ3) is 3.69. The van der Waals surface area contributed by atoms with Gasteiger partial charge in [-0.3, -0.25) is 14.5 Å². The van der Waals surface area contributed by atoms with Crippen molar-refractivity contribution in [2.45, 2.75) is 13.0 Å². The van der Waals surface area contributed by atoms with Crippen molar-refractivity contribution in [2.75, 3.05) is 12.0 Å². The minimum absolute atomic E-state index is 0.0299. The number of Topliss-reactive ketones (excluding diaryl/α,β-unsaturated/α-hetero) is 1. The highest BCUT2D eigenvalue weighted by Crippen LogP contribution is 2.44. The minimum atomic E-state index is -0.965. The predicted molar refractivity (Wildman–Crippen MR) is 122 cm³/mol. The topological polar surface area (TPSA) is 87.1 Å². The van der Waals surface area contributed by atoms with Gasteiger partial charge in [0.05, 0.1) is 24.3 Å². The number of aryl methyl sites for hydroxylation is 1. The van der Waals surface area contributed by atoms with Crippen molar-refractivity contribution in [3.8, 4) is 11.5 Å². The Balaban J connectivity index is 2.00. The van der Waals surface area contributed by atoms with Gasteiger partial charge in [-0.25, -0.2) is 0 Å². The molecule has 0 aromatic heterocycles. The average Bonchev–Trinajstić information content (AvgIpc) is 3.04. The Labute approximate surface area is 189 Å². The Morgan fingerprint density at radius 2 is 1.78 bits per heavy atom. The van der Waals surface area contributed by atoms with Crippen LogP contribution in [0.1, 0.15) is 22.7 Å². The normalized spacial score (nSPS) is 17.6. The Bertz CT molecular complexity index is 1270. The smallest absolute Gasteiger partial charge is 0.300 e. The van der Waals surface area contributed by atoms with Gasteiger partial charge in [0, 0.05) is 10.7 Å². The summed E-state index contributed by atoms with van der Waals surface area (Å²) in [5.41, 5.74) is 1.93. The van der Waals surface area contributed by atoms with E-state index in [9.17, 15) is 19.8 Å². The average molecular weight is 450 g/mol. The Hall–Kier alpha value is -3.77. The number of anilines is 1. The highest BCUT2D eigenvalue weighted by atomic mass is 35.5. The number of hydrogen-bond acceptors (Lipinski definition) is 5. The Morgan fingerprint density at radius 3 is 2.47 bits per heavy atom. The number of phenolic OH excluding ortho intramolecular Hbond substituents is 1. The maximum absolute atomic E-state index is 13.2. The second kappa shape index (κ2) is 8.40. The minimum Gasteiger partial charge on any atom is -0.508 e. The van der Waals surface area contributed by atoms with Gasteiger partial charge in [0.1, 0.15) is 17.3 Å². The summed E-state index contributed by atoms with van der Waals surface area (Å²) in [6.45, 7) is 1.88. The van der Waals surface area contributed by atoms with Crippen LogP contribution in [0.2, 0.25) is 5.02 Å². The van der Waals surface area contributed by atoms with E-state index in [4.69, 9.17) is 16.3 Å². The van der Waals surface area contributed by atoms with Crippen LogP contribution < -0.4 is 9.64 Å². The molecule has 7 heteroatoms. The molecule has 3 aromatic rings. The summed E-state index contributed by atoms with van der Waals surface area (Å²) in [6.07, 6.45) is 0. The number of amides is 1. The lowest BCUT2D eigenvalue weighted by molar-refractivity contribution is -0.132. The first kappa shape index (κ1) is 21.5. The van der Waals surface area contributed by atoms with Gasteiger partial charge >= 0.3 is 0 Å². The molecule has 1 heterocycles. The number of aliphatic hydroxyl groups excluding tert-OH is 1. The summed E-state index contributed by atoms with van der Waals surface area (Å²) in [4.78, 5) is 27.7. The fourth-order valence-electron chi connectivity index (χ4n) is 3.90. The third-order valence-electron chi connectivity index (χ3n) is 5.33. The molecule has 4 rings (SSSR count). The van der Waals surface area contributed by atoms with E-state index < -0.39 is 23.5 Å². The number of methoxy groups -OCH3 is 1. The Morgan fingerprint density at radius 1 is 1.03 bits per heavy atom. The quantitative estimate of drug-likeness (QED) is 0.333. The molecule has 1 aliphatic rings. The molecule has 6 nitrogen and oxygen atoms in total. The van der Waals surface area contributed by atoms with Crippen LogP contribution in [-0.2, 0) is 9.59 Å². The standard InChI is InChI=1S/C25H20ClNO5/c1-14-5-3-7-17(11-14)27-22(15-6-4-8-18(28)12-15)21(24(30)25(27)31)23(29)19-13-16(26)9-10-20(19)32-2/h3-13,22,28-29H,1-2H3/b23-21+. The zero-order chi connectivity index (χ0) is 23.0. The number of ketones is 1. The van der Waals surface area contributed by atoms with Gasteiger partial charge in [-0.2, -0.15) is 0 Å². The fourth-order valence-corrected chi connectivity index (χ4v) is 4.07. The van der Waals surface area contributed by atoms with Crippen molar-refractivity contribution in [1.29, 1.82) is 0 Å². The molecule has 0 aliphatic carbocycles. The molecule has 0 radical (unpaired) electrons. The maximum Gasteiger partial charge on any atom is 0.300 e. The first-order valence-corrected chi connectivity index (χ1v) is 10.2. The molecule has 2 N–H and O–H groups in total. The van der Waals surface area contributed by atoms with E-state index in [1.807, 2.05) is 13.0 Å². The van der Waals surface area contributed by atoms with E-state index in [-0.39, 0.29) is 16.9 Å². The molecule has 0 saturated carbocycles. The van der Waals surface area contributed by atoms with Gasteiger partial charge in [0.15, 0.2) is 0 Å². The number of aromatic hydroxyl groups is 1. The molecule has 1 fully saturated rings. The molecule has 1 aliphatic heterocycles. The van der Waals surface area contributed by atoms with E-state index >= 15 is 0 Å². The molecule has 162 valence electrons. The van der Waals surface area contributed by atoms with Gasteiger partial charge in [-0.1, -0.05) is 35.9 Å². The van der Waals surface area contributed by atoms with Gasteiger partial charge in [0.2, 0.25) is 0 Å². The van der Waals surface area contributed by atoms with E-state index in [1.54, 1.807) is 42.5 Å². The second-order valence-corrected chi connectivity index (χ2v) is 7.88. The number of phenols is 1. The highest BCUT2D eigenvalue weighted by molar-refractivity contribution is 6.51. The summed E-state index contributed by atoms with van der Waals surface area (Å²) >= 11 is 6.12. The lowest BCUT2D eigenvalue weighted by Crippen LogP contribution is -2.29. The summed E-state index contributed by atoms with van der Waals surface area (Å²) in [5.74, 6) is -1.78. The monoisotopic (exact) mass is 449 g/mol. The Kier molecular flexibility index (Phi) is 5.63. The van der Waals surface area contributed by atoms with Crippen molar-refractivity contribution in [3.05, 3.63) is 94.0 Å². The van der Waals surface area contributed by atoms with Crippen molar-refractivity contribution in [2.24, 2.45) is 0 Å². The highest BCUT2D eigenvalue weighted by Gasteiger charge is 2.47. The molecule has 0 spiro atoms. The molecule has 1 saturated heterocycles. The molecular weight excluding hydrogens is 430 g/mol. The zero-order valence-electron chi connectivity index (χ0n) is 17.4. The van der Waals surface area contributed by atoms with Gasteiger partial charge < -0.3 is 14.9 Å². The zero-order valence-corrected chi connectivity index (χ0v) is 18.1. The van der Waals surface area contributed by atoms with Gasteiger partial charge in [-0.15, -0.1) is 0 Å². The number of rotatable bonds is 4. The first-order valence-electron chi connectivity index (χ1n) is 9.82. The van der Waals surface area contributed by atoms with E-state index in [1.165, 1.54) is 30.2 Å². The SMILES string of the molecule is COc1ccc(Cl)cc1/C(O)=C1\C(=O)C(=O)N(c2cccc(C)c2)C1c1cccc(O)c1. The number of nitrogens with zero attached hydrogens (tertiary/aromatic N) is 1. The third-order valence-corrected chi connectivity index (χ3v) is 5.56. The summed E-state index contributed by atoms with van der Waals surface area (Å²) in [5, 5.41) is 21.6. The second-order valence-electron chi connectivity index (χ2n) is 7.45.